The molecule has 0 bridgehead atoms. The molecule has 1 aromatic carbocycles. The molecule has 4 aromatic rings. The quantitative estimate of drug-likeness (QED) is 0.595. The third-order valence-corrected chi connectivity index (χ3v) is 3.91. The summed E-state index contributed by atoms with van der Waals surface area (Å²) in [4.78, 5) is 31.3. The first-order valence-corrected chi connectivity index (χ1v) is 7.80. The van der Waals surface area contributed by atoms with Crippen LogP contribution < -0.4 is 5.76 Å². The standard InChI is InChI=1S/C17H14N6O3/c1-22(16(24)14-10-26-17(25)19-14)8-11-9-23(21-20-11)15-6-2-5-13-12(15)4-3-7-18-13/h2-7,9-10H,8H2,1H3,(H,19,25). The maximum absolute atomic E-state index is 12.2. The van der Waals surface area contributed by atoms with Crippen LogP contribution in [0.1, 0.15) is 16.2 Å². The van der Waals surface area contributed by atoms with Crippen LogP contribution in [0.15, 0.2) is 58.2 Å². The molecule has 1 amide bonds. The van der Waals surface area contributed by atoms with Gasteiger partial charge in [-0.25, -0.2) is 9.48 Å². The second kappa shape index (κ2) is 6.28. The summed E-state index contributed by atoms with van der Waals surface area (Å²) in [6.45, 7) is 0.231. The monoisotopic (exact) mass is 350 g/mol. The number of carbonyl (C=O) groups excluding carboxylic acids is 1. The van der Waals surface area contributed by atoms with Crippen molar-refractivity contribution < 1.29 is 9.21 Å². The molecule has 3 heterocycles. The summed E-state index contributed by atoms with van der Waals surface area (Å²) in [6, 6.07) is 9.57. The van der Waals surface area contributed by atoms with Crippen LogP contribution in [0.25, 0.3) is 16.6 Å². The molecule has 4 rings (SSSR count). The topological polar surface area (TPSA) is 110 Å². The summed E-state index contributed by atoms with van der Waals surface area (Å²) < 4.78 is 6.24. The molecule has 130 valence electrons. The van der Waals surface area contributed by atoms with Gasteiger partial charge in [0.25, 0.3) is 5.91 Å². The van der Waals surface area contributed by atoms with E-state index in [1.807, 2.05) is 30.3 Å². The highest BCUT2D eigenvalue weighted by Crippen LogP contribution is 2.20. The zero-order chi connectivity index (χ0) is 18.1. The molecule has 0 fully saturated rings. The average Bonchev–Trinajstić information content (AvgIpc) is 3.29. The van der Waals surface area contributed by atoms with Gasteiger partial charge >= 0.3 is 5.76 Å². The minimum atomic E-state index is -0.669. The van der Waals surface area contributed by atoms with E-state index in [-0.39, 0.29) is 18.1 Å². The second-order valence-electron chi connectivity index (χ2n) is 5.72. The molecule has 9 nitrogen and oxygen atoms in total. The van der Waals surface area contributed by atoms with E-state index in [2.05, 4.69) is 24.7 Å². The van der Waals surface area contributed by atoms with Crippen LogP contribution >= 0.6 is 0 Å². The summed E-state index contributed by atoms with van der Waals surface area (Å²) in [5.74, 6) is -1.04. The van der Waals surface area contributed by atoms with Crippen molar-refractivity contribution in [2.24, 2.45) is 0 Å². The number of carbonyl (C=O) groups is 1. The van der Waals surface area contributed by atoms with Gasteiger partial charge < -0.3 is 9.32 Å². The Morgan fingerprint density at radius 2 is 2.19 bits per heavy atom. The number of H-pyrrole nitrogens is 1. The summed E-state index contributed by atoms with van der Waals surface area (Å²) in [6.07, 6.45) is 4.59. The average molecular weight is 350 g/mol. The molecule has 0 saturated carbocycles. The van der Waals surface area contributed by atoms with Crippen molar-refractivity contribution in [2.45, 2.75) is 6.54 Å². The summed E-state index contributed by atoms with van der Waals surface area (Å²) >= 11 is 0. The number of aromatic amines is 1. The second-order valence-corrected chi connectivity index (χ2v) is 5.72. The van der Waals surface area contributed by atoms with Crippen LogP contribution in [0.4, 0.5) is 0 Å². The van der Waals surface area contributed by atoms with Crippen molar-refractivity contribution in [1.82, 2.24) is 29.9 Å². The fourth-order valence-electron chi connectivity index (χ4n) is 2.68. The lowest BCUT2D eigenvalue weighted by Gasteiger charge is -2.13. The number of nitrogens with zero attached hydrogens (tertiary/aromatic N) is 5. The van der Waals surface area contributed by atoms with E-state index in [0.29, 0.717) is 5.69 Å². The predicted octanol–water partition coefficient (Wildman–Crippen LogP) is 1.37. The minimum Gasteiger partial charge on any atom is -0.416 e. The molecule has 9 heteroatoms. The Morgan fingerprint density at radius 1 is 1.31 bits per heavy atom. The molecule has 0 radical (unpaired) electrons. The van der Waals surface area contributed by atoms with Crippen LogP contribution in [0, 0.1) is 0 Å². The van der Waals surface area contributed by atoms with E-state index in [1.165, 1.54) is 4.90 Å². The largest absolute Gasteiger partial charge is 0.416 e. The minimum absolute atomic E-state index is 0.0880. The Bertz CT molecular complexity index is 1140. The van der Waals surface area contributed by atoms with E-state index >= 15 is 0 Å². The maximum atomic E-state index is 12.2. The van der Waals surface area contributed by atoms with Crippen molar-refractivity contribution in [3.8, 4) is 5.69 Å². The Labute approximate surface area is 146 Å². The number of hydrogen-bond acceptors (Lipinski definition) is 6. The molecule has 0 unspecified atom stereocenters. The van der Waals surface area contributed by atoms with Gasteiger partial charge in [-0.2, -0.15) is 0 Å². The van der Waals surface area contributed by atoms with Crippen molar-refractivity contribution in [2.75, 3.05) is 7.05 Å². The van der Waals surface area contributed by atoms with Crippen LogP contribution in [0.3, 0.4) is 0 Å². The predicted molar refractivity (Wildman–Crippen MR) is 91.8 cm³/mol. The fraction of sp³-hybridized carbons (Fsp3) is 0.118. The third-order valence-electron chi connectivity index (χ3n) is 3.91. The first-order valence-electron chi connectivity index (χ1n) is 7.80. The van der Waals surface area contributed by atoms with Crippen LogP contribution in [0.2, 0.25) is 0 Å². The van der Waals surface area contributed by atoms with Gasteiger partial charge in [-0.05, 0) is 24.3 Å². The number of pyridine rings is 1. The van der Waals surface area contributed by atoms with Crippen LogP contribution in [0.5, 0.6) is 0 Å². The van der Waals surface area contributed by atoms with Crippen LogP contribution in [-0.4, -0.2) is 42.8 Å². The zero-order valence-electron chi connectivity index (χ0n) is 13.8. The number of fused-ring (bicyclic) bond motifs is 1. The van der Waals surface area contributed by atoms with Gasteiger partial charge in [0.2, 0.25) is 0 Å². The smallest absolute Gasteiger partial charge is 0.416 e. The van der Waals surface area contributed by atoms with Crippen molar-refractivity contribution in [1.29, 1.82) is 0 Å². The van der Waals surface area contributed by atoms with Crippen molar-refractivity contribution in [3.05, 3.63) is 70.9 Å². The number of nitrogens with one attached hydrogen (secondary N) is 1. The highest BCUT2D eigenvalue weighted by Gasteiger charge is 2.16. The number of amides is 1. The van der Waals surface area contributed by atoms with Crippen molar-refractivity contribution >= 4 is 16.8 Å². The van der Waals surface area contributed by atoms with E-state index in [1.54, 1.807) is 24.1 Å². The van der Waals surface area contributed by atoms with Gasteiger partial charge in [0.05, 0.1) is 23.9 Å². The Morgan fingerprint density at radius 3 is 3.00 bits per heavy atom. The molecule has 0 atom stereocenters. The molecule has 0 saturated heterocycles. The number of oxazole rings is 1. The van der Waals surface area contributed by atoms with Gasteiger partial charge in [0.15, 0.2) is 0 Å². The molecule has 0 aliphatic rings. The molecule has 0 spiro atoms. The lowest BCUT2D eigenvalue weighted by molar-refractivity contribution is 0.0777. The van der Waals surface area contributed by atoms with Gasteiger partial charge in [-0.1, -0.05) is 11.3 Å². The SMILES string of the molecule is CN(Cc1cn(-c2cccc3ncccc23)nn1)C(=O)c1coc(=O)[nH]1. The zero-order valence-corrected chi connectivity index (χ0v) is 13.8. The molecule has 3 aromatic heterocycles. The fourth-order valence-corrected chi connectivity index (χ4v) is 2.68. The molecular formula is C17H14N6O3. The lowest BCUT2D eigenvalue weighted by atomic mass is 10.2. The molecular weight excluding hydrogens is 336 g/mol. The van der Waals surface area contributed by atoms with Crippen molar-refractivity contribution in [3.63, 3.8) is 0 Å². The van der Waals surface area contributed by atoms with E-state index in [9.17, 15) is 9.59 Å². The van der Waals surface area contributed by atoms with Gasteiger partial charge in [0.1, 0.15) is 17.7 Å². The Hall–Kier alpha value is -3.75. The van der Waals surface area contributed by atoms with Gasteiger partial charge in [0, 0.05) is 18.6 Å². The number of benzene rings is 1. The van der Waals surface area contributed by atoms with Gasteiger partial charge in [-0.15, -0.1) is 5.10 Å². The van der Waals surface area contributed by atoms with E-state index in [4.69, 9.17) is 0 Å². The normalized spacial score (nSPS) is 11.0. The maximum Gasteiger partial charge on any atom is 0.416 e. The lowest BCUT2D eigenvalue weighted by Crippen LogP contribution is -2.27. The number of aromatic nitrogens is 5. The summed E-state index contributed by atoms with van der Waals surface area (Å²) in [7, 11) is 1.61. The van der Waals surface area contributed by atoms with E-state index < -0.39 is 5.76 Å². The number of rotatable bonds is 4. The molecule has 1 N–H and O–H groups in total. The molecule has 0 aliphatic heterocycles. The molecule has 26 heavy (non-hydrogen) atoms. The Kier molecular flexibility index (Phi) is 3.81. The number of hydrogen-bond donors (Lipinski definition) is 1. The van der Waals surface area contributed by atoms with Gasteiger partial charge in [-0.3, -0.25) is 14.8 Å². The first kappa shape index (κ1) is 15.8. The highest BCUT2D eigenvalue weighted by atomic mass is 16.4. The first-order chi connectivity index (χ1) is 12.6. The Balaban J connectivity index is 1.58. The van der Waals surface area contributed by atoms with E-state index in [0.717, 1.165) is 22.9 Å². The summed E-state index contributed by atoms with van der Waals surface area (Å²) in [5.41, 5.74) is 2.40. The third kappa shape index (κ3) is 2.86. The summed E-state index contributed by atoms with van der Waals surface area (Å²) in [5, 5.41) is 9.23. The highest BCUT2D eigenvalue weighted by molar-refractivity contribution is 5.91. The van der Waals surface area contributed by atoms with Crippen LogP contribution in [-0.2, 0) is 6.54 Å². The molecule has 0 aliphatic carbocycles.